The van der Waals surface area contributed by atoms with Crippen LogP contribution in [0.15, 0.2) is 24.3 Å². The van der Waals surface area contributed by atoms with E-state index >= 15 is 0 Å². The van der Waals surface area contributed by atoms with E-state index in [0.717, 1.165) is 12.1 Å². The van der Waals surface area contributed by atoms with Crippen molar-refractivity contribution >= 4 is 17.6 Å². The number of nitro groups is 1. The van der Waals surface area contributed by atoms with Crippen molar-refractivity contribution in [3.8, 4) is 0 Å². The normalized spacial score (nSPS) is 12.3. The fourth-order valence-electron chi connectivity index (χ4n) is 1.67. The molecule has 0 saturated heterocycles. The van der Waals surface area contributed by atoms with Gasteiger partial charge in [-0.15, -0.1) is 0 Å². The number of halogens is 3. The number of benzene rings is 1. The SMILES string of the molecule is CCOC(=O)C(Cc1ccc([N+](=O)[O-])cc1)NC(=O)C(F)(F)F. The van der Waals surface area contributed by atoms with Gasteiger partial charge in [0, 0.05) is 18.6 Å². The summed E-state index contributed by atoms with van der Waals surface area (Å²) in [6.07, 6.45) is -5.43. The average molecular weight is 334 g/mol. The molecule has 1 atom stereocenters. The fourth-order valence-corrected chi connectivity index (χ4v) is 1.67. The van der Waals surface area contributed by atoms with Gasteiger partial charge in [-0.3, -0.25) is 14.9 Å². The molecule has 0 saturated carbocycles. The molecule has 126 valence electrons. The molecule has 0 radical (unpaired) electrons. The first-order valence-electron chi connectivity index (χ1n) is 6.42. The number of ether oxygens (including phenoxy) is 1. The molecular weight excluding hydrogens is 321 g/mol. The minimum atomic E-state index is -5.14. The van der Waals surface area contributed by atoms with Gasteiger partial charge in [-0.25, -0.2) is 4.79 Å². The second-order valence-corrected chi connectivity index (χ2v) is 4.40. The summed E-state index contributed by atoms with van der Waals surface area (Å²) < 4.78 is 41.5. The molecule has 23 heavy (non-hydrogen) atoms. The number of nitro benzene ring substituents is 1. The van der Waals surface area contributed by atoms with Gasteiger partial charge in [-0.2, -0.15) is 13.2 Å². The van der Waals surface area contributed by atoms with Crippen LogP contribution in [0.5, 0.6) is 0 Å². The molecule has 0 fully saturated rings. The van der Waals surface area contributed by atoms with E-state index in [9.17, 15) is 32.9 Å². The van der Waals surface area contributed by atoms with Gasteiger partial charge in [0.15, 0.2) is 0 Å². The Bertz CT molecular complexity index is 586. The standard InChI is InChI=1S/C13H13F3N2O5/c1-2-23-11(19)10(17-12(20)13(14,15)16)7-8-3-5-9(6-4-8)18(21)22/h3-6,10H,2,7H2,1H3,(H,17,20). The number of alkyl halides is 3. The van der Waals surface area contributed by atoms with E-state index in [-0.39, 0.29) is 18.7 Å². The van der Waals surface area contributed by atoms with Crippen molar-refractivity contribution in [2.75, 3.05) is 6.61 Å². The molecule has 1 rings (SSSR count). The van der Waals surface area contributed by atoms with Crippen molar-refractivity contribution in [3.63, 3.8) is 0 Å². The Morgan fingerprint density at radius 2 is 1.87 bits per heavy atom. The third kappa shape index (κ3) is 5.57. The summed E-state index contributed by atoms with van der Waals surface area (Å²) in [6, 6.07) is 3.30. The Labute approximate surface area is 128 Å². The molecule has 1 aromatic rings. The monoisotopic (exact) mass is 334 g/mol. The second-order valence-electron chi connectivity index (χ2n) is 4.40. The highest BCUT2D eigenvalue weighted by Gasteiger charge is 2.41. The molecule has 0 aliphatic carbocycles. The summed E-state index contributed by atoms with van der Waals surface area (Å²) in [4.78, 5) is 32.5. The predicted molar refractivity (Wildman–Crippen MR) is 71.4 cm³/mol. The van der Waals surface area contributed by atoms with Gasteiger partial charge in [-0.1, -0.05) is 12.1 Å². The number of rotatable bonds is 6. The van der Waals surface area contributed by atoms with E-state index in [1.54, 1.807) is 5.32 Å². The summed E-state index contributed by atoms with van der Waals surface area (Å²) in [5.74, 6) is -3.29. The maximum Gasteiger partial charge on any atom is 0.471 e. The quantitative estimate of drug-likeness (QED) is 0.485. The van der Waals surface area contributed by atoms with Crippen LogP contribution in [0, 0.1) is 10.1 Å². The largest absolute Gasteiger partial charge is 0.471 e. The van der Waals surface area contributed by atoms with Crippen LogP contribution in [-0.2, 0) is 20.7 Å². The molecule has 1 amide bonds. The van der Waals surface area contributed by atoms with Crippen molar-refractivity contribution in [2.45, 2.75) is 25.6 Å². The number of hydrogen-bond acceptors (Lipinski definition) is 5. The lowest BCUT2D eigenvalue weighted by Gasteiger charge is -2.18. The Morgan fingerprint density at radius 3 is 2.30 bits per heavy atom. The lowest BCUT2D eigenvalue weighted by molar-refractivity contribution is -0.384. The van der Waals surface area contributed by atoms with Crippen molar-refractivity contribution < 1.29 is 32.4 Å². The van der Waals surface area contributed by atoms with E-state index in [2.05, 4.69) is 4.74 Å². The van der Waals surface area contributed by atoms with E-state index < -0.39 is 29.0 Å². The van der Waals surface area contributed by atoms with Gasteiger partial charge in [0.2, 0.25) is 0 Å². The van der Waals surface area contributed by atoms with E-state index in [4.69, 9.17) is 0 Å². The lowest BCUT2D eigenvalue weighted by Crippen LogP contribution is -2.48. The van der Waals surface area contributed by atoms with Crippen molar-refractivity contribution in [2.24, 2.45) is 0 Å². The number of carbonyl (C=O) groups excluding carboxylic acids is 2. The number of non-ortho nitro benzene ring substituents is 1. The van der Waals surface area contributed by atoms with Crippen LogP contribution in [0.3, 0.4) is 0 Å². The van der Waals surface area contributed by atoms with Crippen LogP contribution in [0.4, 0.5) is 18.9 Å². The first-order valence-corrected chi connectivity index (χ1v) is 6.42. The first-order chi connectivity index (χ1) is 10.6. The summed E-state index contributed by atoms with van der Waals surface area (Å²) >= 11 is 0. The number of nitrogens with zero attached hydrogens (tertiary/aromatic N) is 1. The van der Waals surface area contributed by atoms with Gasteiger partial charge >= 0.3 is 18.1 Å². The van der Waals surface area contributed by atoms with Crippen molar-refractivity contribution in [1.29, 1.82) is 0 Å². The first kappa shape index (κ1) is 18.4. The predicted octanol–water partition coefficient (Wildman–Crippen LogP) is 1.75. The number of esters is 1. The lowest BCUT2D eigenvalue weighted by atomic mass is 10.1. The smallest absolute Gasteiger partial charge is 0.464 e. The molecule has 10 heteroatoms. The second kappa shape index (κ2) is 7.56. The summed E-state index contributed by atoms with van der Waals surface area (Å²) in [5.41, 5.74) is 0.122. The van der Waals surface area contributed by atoms with Crippen LogP contribution in [0.25, 0.3) is 0 Å². The average Bonchev–Trinajstić information content (AvgIpc) is 2.46. The number of carbonyl (C=O) groups is 2. The maximum atomic E-state index is 12.3. The molecule has 1 N–H and O–H groups in total. The highest BCUT2D eigenvalue weighted by Crippen LogP contribution is 2.17. The molecule has 0 heterocycles. The molecule has 0 aliphatic heterocycles. The maximum absolute atomic E-state index is 12.3. The van der Waals surface area contributed by atoms with Crippen LogP contribution >= 0.6 is 0 Å². The van der Waals surface area contributed by atoms with Gasteiger partial charge in [-0.05, 0) is 12.5 Å². The van der Waals surface area contributed by atoms with Crippen LogP contribution < -0.4 is 5.32 Å². The zero-order valence-corrected chi connectivity index (χ0v) is 11.9. The zero-order chi connectivity index (χ0) is 17.6. The third-order valence-corrected chi connectivity index (χ3v) is 2.72. The topological polar surface area (TPSA) is 98.5 Å². The van der Waals surface area contributed by atoms with Gasteiger partial charge in [0.1, 0.15) is 6.04 Å². The van der Waals surface area contributed by atoms with Crippen LogP contribution in [-0.4, -0.2) is 35.6 Å². The molecule has 0 aromatic heterocycles. The van der Waals surface area contributed by atoms with Crippen LogP contribution in [0.1, 0.15) is 12.5 Å². The summed E-state index contributed by atoms with van der Waals surface area (Å²) in [6.45, 7) is 1.39. The Kier molecular flexibility index (Phi) is 6.05. The van der Waals surface area contributed by atoms with Gasteiger partial charge in [0.25, 0.3) is 5.69 Å². The van der Waals surface area contributed by atoms with Crippen molar-refractivity contribution in [1.82, 2.24) is 5.32 Å². The summed E-state index contributed by atoms with van der Waals surface area (Å²) in [5, 5.41) is 12.1. The fraction of sp³-hybridized carbons (Fsp3) is 0.385. The van der Waals surface area contributed by atoms with Crippen LogP contribution in [0.2, 0.25) is 0 Å². The van der Waals surface area contributed by atoms with E-state index in [1.165, 1.54) is 19.1 Å². The van der Waals surface area contributed by atoms with Crippen molar-refractivity contribution in [3.05, 3.63) is 39.9 Å². The molecule has 0 bridgehead atoms. The molecule has 1 unspecified atom stereocenters. The number of hydrogen-bond donors (Lipinski definition) is 1. The zero-order valence-electron chi connectivity index (χ0n) is 11.9. The Hall–Kier alpha value is -2.65. The molecule has 0 aliphatic rings. The molecular formula is C13H13F3N2O5. The highest BCUT2D eigenvalue weighted by atomic mass is 19.4. The van der Waals surface area contributed by atoms with Gasteiger partial charge in [0.05, 0.1) is 11.5 Å². The van der Waals surface area contributed by atoms with Gasteiger partial charge < -0.3 is 10.1 Å². The number of amides is 1. The van der Waals surface area contributed by atoms with E-state index in [1.807, 2.05) is 0 Å². The minimum Gasteiger partial charge on any atom is -0.464 e. The Balaban J connectivity index is 2.90. The molecule has 1 aromatic carbocycles. The molecule has 0 spiro atoms. The minimum absolute atomic E-state index is 0.0719. The third-order valence-electron chi connectivity index (χ3n) is 2.72. The molecule has 7 nitrogen and oxygen atoms in total. The van der Waals surface area contributed by atoms with E-state index in [0.29, 0.717) is 5.56 Å². The highest BCUT2D eigenvalue weighted by molar-refractivity contribution is 5.87. The Morgan fingerprint density at radius 1 is 1.30 bits per heavy atom. The number of nitrogens with one attached hydrogen (secondary N) is 1. The summed E-state index contributed by atoms with van der Waals surface area (Å²) in [7, 11) is 0.